The summed E-state index contributed by atoms with van der Waals surface area (Å²) in [4.78, 5) is 12.2. The quantitative estimate of drug-likeness (QED) is 0.535. The van der Waals surface area contributed by atoms with Gasteiger partial charge in [0, 0.05) is 4.47 Å². The number of carbonyl (C=O) groups excluding carboxylic acids is 1. The monoisotopic (exact) mass is 470 g/mol. The number of hydrogen-bond acceptors (Lipinski definition) is 2. The van der Waals surface area contributed by atoms with Crippen LogP contribution < -0.4 is 10.6 Å². The van der Waals surface area contributed by atoms with Crippen LogP contribution in [0.1, 0.15) is 15.9 Å². The molecule has 10 heteroatoms. The summed E-state index contributed by atoms with van der Waals surface area (Å²) in [5.74, 6) is -0.577. The number of halogens is 6. The normalized spacial score (nSPS) is 11.1. The first-order valence-electron chi connectivity index (χ1n) is 6.52. The summed E-state index contributed by atoms with van der Waals surface area (Å²) in [5, 5.41) is 4.84. The highest BCUT2D eigenvalue weighted by atomic mass is 79.9. The maximum Gasteiger partial charge on any atom is 0.416 e. The van der Waals surface area contributed by atoms with Crippen molar-refractivity contribution >= 4 is 68.1 Å². The van der Waals surface area contributed by atoms with Gasteiger partial charge < -0.3 is 5.32 Å². The summed E-state index contributed by atoms with van der Waals surface area (Å²) < 4.78 is 38.5. The van der Waals surface area contributed by atoms with Crippen molar-refractivity contribution in [3.8, 4) is 0 Å². The first-order chi connectivity index (χ1) is 11.6. The first kappa shape index (κ1) is 20.0. The van der Waals surface area contributed by atoms with Crippen molar-refractivity contribution in [2.45, 2.75) is 6.18 Å². The summed E-state index contributed by atoms with van der Waals surface area (Å²) in [5.41, 5.74) is -0.585. The molecule has 0 spiro atoms. The summed E-state index contributed by atoms with van der Waals surface area (Å²) >= 11 is 20.0. The lowest BCUT2D eigenvalue weighted by Gasteiger charge is -2.13. The van der Waals surface area contributed by atoms with Gasteiger partial charge in [-0.2, -0.15) is 13.2 Å². The van der Waals surface area contributed by atoms with Crippen LogP contribution in [-0.4, -0.2) is 11.0 Å². The number of rotatable bonds is 2. The molecule has 0 fully saturated rings. The van der Waals surface area contributed by atoms with E-state index in [2.05, 4.69) is 26.6 Å². The molecular weight excluding hydrogens is 464 g/mol. The lowest BCUT2D eigenvalue weighted by molar-refractivity contribution is -0.137. The molecule has 0 saturated carbocycles. The van der Waals surface area contributed by atoms with E-state index in [1.807, 2.05) is 0 Å². The third kappa shape index (κ3) is 5.31. The maximum atomic E-state index is 12.6. The smallest absolute Gasteiger partial charge is 0.331 e. The van der Waals surface area contributed by atoms with Gasteiger partial charge in [0.1, 0.15) is 0 Å². The van der Waals surface area contributed by atoms with Gasteiger partial charge in [-0.1, -0.05) is 39.1 Å². The van der Waals surface area contributed by atoms with Crippen molar-refractivity contribution in [3.63, 3.8) is 0 Å². The minimum atomic E-state index is -4.51. The van der Waals surface area contributed by atoms with Crippen molar-refractivity contribution in [1.82, 2.24) is 5.32 Å². The van der Waals surface area contributed by atoms with Crippen LogP contribution in [0.5, 0.6) is 0 Å². The van der Waals surface area contributed by atoms with Crippen molar-refractivity contribution < 1.29 is 18.0 Å². The molecule has 0 aromatic heterocycles. The van der Waals surface area contributed by atoms with E-state index >= 15 is 0 Å². The fourth-order valence-corrected chi connectivity index (χ4v) is 2.78. The molecule has 0 aliphatic carbocycles. The molecule has 0 aliphatic rings. The molecule has 0 saturated heterocycles. The zero-order chi connectivity index (χ0) is 18.8. The molecule has 0 unspecified atom stereocenters. The SMILES string of the molecule is O=C(NC(=S)Nc1ccc(C(F)(F)F)cc1Cl)c1cc(Br)ccc1Cl. The molecule has 2 N–H and O–H groups in total. The molecule has 0 radical (unpaired) electrons. The summed E-state index contributed by atoms with van der Waals surface area (Å²) in [7, 11) is 0. The molecule has 0 bridgehead atoms. The number of anilines is 1. The summed E-state index contributed by atoms with van der Waals surface area (Å²) in [6.45, 7) is 0. The molecule has 25 heavy (non-hydrogen) atoms. The molecule has 1 amide bonds. The third-order valence-corrected chi connectivity index (χ3v) is 4.28. The van der Waals surface area contributed by atoms with Gasteiger partial charge in [0.15, 0.2) is 5.11 Å². The van der Waals surface area contributed by atoms with Crippen LogP contribution in [0.2, 0.25) is 10.0 Å². The van der Waals surface area contributed by atoms with Gasteiger partial charge in [-0.15, -0.1) is 0 Å². The second-order valence-corrected chi connectivity index (χ2v) is 6.86. The van der Waals surface area contributed by atoms with Gasteiger partial charge in [-0.05, 0) is 48.6 Å². The van der Waals surface area contributed by atoms with Crippen LogP contribution in [0.4, 0.5) is 18.9 Å². The van der Waals surface area contributed by atoms with Crippen LogP contribution in [0.25, 0.3) is 0 Å². The largest absolute Gasteiger partial charge is 0.416 e. The Balaban J connectivity index is 2.10. The number of hydrogen-bond donors (Lipinski definition) is 2. The second kappa shape index (κ2) is 7.90. The Hall–Kier alpha value is -1.35. The predicted octanol–water partition coefficient (Wildman–Crippen LogP) is 5.90. The molecule has 0 heterocycles. The lowest BCUT2D eigenvalue weighted by Crippen LogP contribution is -2.34. The fourth-order valence-electron chi connectivity index (χ4n) is 1.79. The highest BCUT2D eigenvalue weighted by Gasteiger charge is 2.30. The van der Waals surface area contributed by atoms with E-state index in [1.54, 1.807) is 6.07 Å². The Morgan fingerprint density at radius 1 is 1.08 bits per heavy atom. The van der Waals surface area contributed by atoms with Crippen LogP contribution in [0, 0.1) is 0 Å². The highest BCUT2D eigenvalue weighted by molar-refractivity contribution is 9.10. The molecular formula is C15H8BrCl2F3N2OS. The highest BCUT2D eigenvalue weighted by Crippen LogP contribution is 2.33. The van der Waals surface area contributed by atoms with Crippen LogP contribution in [-0.2, 0) is 6.18 Å². The number of carbonyl (C=O) groups is 1. The van der Waals surface area contributed by atoms with E-state index in [0.717, 1.165) is 18.2 Å². The standard InChI is InChI=1S/C15H8BrCl2F3N2OS/c16-8-2-3-10(17)9(6-8)13(24)23-14(25)22-12-4-1-7(5-11(12)18)15(19,20)21/h1-6H,(H2,22,23,24,25). The minimum absolute atomic E-state index is 0.125. The van der Waals surface area contributed by atoms with Gasteiger partial charge in [-0.25, -0.2) is 0 Å². The van der Waals surface area contributed by atoms with E-state index in [1.165, 1.54) is 12.1 Å². The molecule has 132 valence electrons. The number of thiocarbonyl (C=S) groups is 1. The Bertz CT molecular complexity index is 846. The topological polar surface area (TPSA) is 41.1 Å². The molecule has 2 aromatic rings. The van der Waals surface area contributed by atoms with Crippen molar-refractivity contribution in [2.24, 2.45) is 0 Å². The number of alkyl halides is 3. The molecule has 0 aliphatic heterocycles. The van der Waals surface area contributed by atoms with Crippen LogP contribution in [0.3, 0.4) is 0 Å². The van der Waals surface area contributed by atoms with Gasteiger partial charge >= 0.3 is 6.18 Å². The third-order valence-electron chi connectivity index (χ3n) is 2.94. The zero-order valence-electron chi connectivity index (χ0n) is 12.0. The van der Waals surface area contributed by atoms with Gasteiger partial charge in [-0.3, -0.25) is 10.1 Å². The van der Waals surface area contributed by atoms with E-state index in [-0.39, 0.29) is 26.4 Å². The Kier molecular flexibility index (Phi) is 6.31. The van der Waals surface area contributed by atoms with Gasteiger partial charge in [0.25, 0.3) is 5.91 Å². The number of nitrogens with one attached hydrogen (secondary N) is 2. The summed E-state index contributed by atoms with van der Waals surface area (Å²) in [6.07, 6.45) is -4.51. The van der Waals surface area contributed by atoms with Crippen LogP contribution in [0.15, 0.2) is 40.9 Å². The average molecular weight is 472 g/mol. The second-order valence-electron chi connectivity index (χ2n) is 4.72. The van der Waals surface area contributed by atoms with E-state index in [9.17, 15) is 18.0 Å². The molecule has 2 rings (SSSR count). The van der Waals surface area contributed by atoms with E-state index < -0.39 is 17.6 Å². The Morgan fingerprint density at radius 2 is 1.76 bits per heavy atom. The summed E-state index contributed by atoms with van der Waals surface area (Å²) in [6, 6.07) is 7.44. The van der Waals surface area contributed by atoms with Crippen LogP contribution >= 0.6 is 51.3 Å². The molecule has 2 aromatic carbocycles. The first-order valence-corrected chi connectivity index (χ1v) is 8.48. The zero-order valence-corrected chi connectivity index (χ0v) is 16.0. The van der Waals surface area contributed by atoms with Crippen molar-refractivity contribution in [1.29, 1.82) is 0 Å². The van der Waals surface area contributed by atoms with E-state index in [4.69, 9.17) is 35.4 Å². The lowest BCUT2D eigenvalue weighted by atomic mass is 10.2. The van der Waals surface area contributed by atoms with Crippen molar-refractivity contribution in [2.75, 3.05) is 5.32 Å². The predicted molar refractivity (Wildman–Crippen MR) is 99.3 cm³/mol. The van der Waals surface area contributed by atoms with Crippen molar-refractivity contribution in [3.05, 3.63) is 62.0 Å². The van der Waals surface area contributed by atoms with E-state index in [0.29, 0.717) is 4.47 Å². The fraction of sp³-hybridized carbons (Fsp3) is 0.0667. The maximum absolute atomic E-state index is 12.6. The number of amides is 1. The van der Waals surface area contributed by atoms with Gasteiger partial charge in [0.2, 0.25) is 0 Å². The van der Waals surface area contributed by atoms with Gasteiger partial charge in [0.05, 0.1) is 26.9 Å². The minimum Gasteiger partial charge on any atom is -0.331 e. The Labute approximate surface area is 164 Å². The average Bonchev–Trinajstić information content (AvgIpc) is 2.50. The Morgan fingerprint density at radius 3 is 2.36 bits per heavy atom. The molecule has 0 atom stereocenters. The molecule has 3 nitrogen and oxygen atoms in total. The number of benzene rings is 2.